The largest absolute Gasteiger partial charge is 0.468 e. The molecule has 3 aromatic heterocycles. The summed E-state index contributed by atoms with van der Waals surface area (Å²) >= 11 is 0. The van der Waals surface area contributed by atoms with Gasteiger partial charge in [-0.3, -0.25) is 9.69 Å². The lowest BCUT2D eigenvalue weighted by Gasteiger charge is -2.32. The van der Waals surface area contributed by atoms with Crippen molar-refractivity contribution in [1.29, 1.82) is 0 Å². The first-order valence-electron chi connectivity index (χ1n) is 13.5. The standard InChI is InChI=1S/C30H31FN6O2/c1-20-9-12-22-17-26(30(38)32-27(22)16-20)28(29-33-34-35-37(29)24-6-3-2-4-7-24)36(19-25-8-5-15-39-25)18-21-10-13-23(31)14-11-21/h5,8-17,24,28H,2-4,6-7,18-19H2,1H3,(H,32,38)/t28-/m1/s1. The van der Waals surface area contributed by atoms with Gasteiger partial charge < -0.3 is 9.40 Å². The molecule has 3 heterocycles. The summed E-state index contributed by atoms with van der Waals surface area (Å²) in [6.45, 7) is 2.83. The number of pyridine rings is 1. The van der Waals surface area contributed by atoms with Crippen LogP contribution in [0.4, 0.5) is 4.39 Å². The molecule has 200 valence electrons. The third-order valence-corrected chi connectivity index (χ3v) is 7.61. The van der Waals surface area contributed by atoms with Gasteiger partial charge in [-0.15, -0.1) is 5.10 Å². The molecule has 0 radical (unpaired) electrons. The van der Waals surface area contributed by atoms with Gasteiger partial charge in [-0.05, 0) is 83.1 Å². The van der Waals surface area contributed by atoms with Crippen molar-refractivity contribution in [2.75, 3.05) is 0 Å². The lowest BCUT2D eigenvalue weighted by molar-refractivity contribution is 0.173. The van der Waals surface area contributed by atoms with E-state index in [2.05, 4.69) is 25.4 Å². The number of hydrogen-bond acceptors (Lipinski definition) is 6. The van der Waals surface area contributed by atoms with Crippen LogP contribution in [-0.4, -0.2) is 30.1 Å². The van der Waals surface area contributed by atoms with E-state index in [9.17, 15) is 9.18 Å². The molecule has 0 spiro atoms. The molecule has 1 N–H and O–H groups in total. The van der Waals surface area contributed by atoms with Gasteiger partial charge in [0.1, 0.15) is 17.6 Å². The smallest absolute Gasteiger partial charge is 0.253 e. The van der Waals surface area contributed by atoms with Crippen LogP contribution in [0.5, 0.6) is 0 Å². The highest BCUT2D eigenvalue weighted by molar-refractivity contribution is 5.79. The molecule has 39 heavy (non-hydrogen) atoms. The number of hydrogen-bond donors (Lipinski definition) is 1. The van der Waals surface area contributed by atoms with Crippen molar-refractivity contribution in [2.45, 2.75) is 64.2 Å². The molecule has 1 aliphatic rings. The minimum Gasteiger partial charge on any atom is -0.468 e. The minimum absolute atomic E-state index is 0.171. The normalized spacial score (nSPS) is 15.3. The number of tetrazole rings is 1. The summed E-state index contributed by atoms with van der Waals surface area (Å²) < 4.78 is 21.4. The zero-order valence-electron chi connectivity index (χ0n) is 21.9. The van der Waals surface area contributed by atoms with Gasteiger partial charge in [0.25, 0.3) is 5.56 Å². The monoisotopic (exact) mass is 526 g/mol. The predicted octanol–water partition coefficient (Wildman–Crippen LogP) is 5.85. The predicted molar refractivity (Wildman–Crippen MR) is 145 cm³/mol. The SMILES string of the molecule is Cc1ccc2cc([C@H](c3nnnn3C3CCCCC3)N(Cc3ccc(F)cc3)Cc3ccco3)c(=O)[nH]c2c1. The number of fused-ring (bicyclic) bond motifs is 1. The van der Waals surface area contributed by atoms with E-state index in [1.54, 1.807) is 18.4 Å². The minimum atomic E-state index is -0.577. The highest BCUT2D eigenvalue weighted by Gasteiger charge is 2.33. The number of nitrogens with one attached hydrogen (secondary N) is 1. The first-order valence-corrected chi connectivity index (χ1v) is 13.5. The third-order valence-electron chi connectivity index (χ3n) is 7.61. The van der Waals surface area contributed by atoms with E-state index in [0.29, 0.717) is 24.5 Å². The van der Waals surface area contributed by atoms with Gasteiger partial charge in [0.2, 0.25) is 0 Å². The van der Waals surface area contributed by atoms with Crippen molar-refractivity contribution < 1.29 is 8.81 Å². The Hall–Kier alpha value is -4.11. The van der Waals surface area contributed by atoms with Crippen molar-refractivity contribution in [3.63, 3.8) is 0 Å². The molecule has 6 rings (SSSR count). The zero-order chi connectivity index (χ0) is 26.8. The van der Waals surface area contributed by atoms with E-state index in [4.69, 9.17) is 4.42 Å². The van der Waals surface area contributed by atoms with Gasteiger partial charge in [-0.25, -0.2) is 9.07 Å². The Bertz CT molecular complexity index is 1600. The number of aryl methyl sites for hydroxylation is 1. The molecule has 0 unspecified atom stereocenters. The second kappa shape index (κ2) is 10.9. The molecule has 2 aromatic carbocycles. The van der Waals surface area contributed by atoms with Crippen LogP contribution >= 0.6 is 0 Å². The molecule has 0 aliphatic heterocycles. The van der Waals surface area contributed by atoms with E-state index in [-0.39, 0.29) is 17.4 Å². The lowest BCUT2D eigenvalue weighted by atomic mass is 9.95. The summed E-state index contributed by atoms with van der Waals surface area (Å²) in [4.78, 5) is 19.0. The molecule has 1 saturated carbocycles. The zero-order valence-corrected chi connectivity index (χ0v) is 21.9. The first kappa shape index (κ1) is 25.2. The number of aromatic amines is 1. The highest BCUT2D eigenvalue weighted by Crippen LogP contribution is 2.34. The van der Waals surface area contributed by atoms with Gasteiger partial charge >= 0.3 is 0 Å². The molecule has 1 fully saturated rings. The molecule has 5 aromatic rings. The van der Waals surface area contributed by atoms with Crippen LogP contribution in [-0.2, 0) is 13.1 Å². The molecule has 0 saturated heterocycles. The second-order valence-electron chi connectivity index (χ2n) is 10.4. The van der Waals surface area contributed by atoms with Crippen LogP contribution in [0, 0.1) is 12.7 Å². The van der Waals surface area contributed by atoms with E-state index < -0.39 is 6.04 Å². The lowest BCUT2D eigenvalue weighted by Crippen LogP contribution is -2.35. The Morgan fingerprint density at radius 1 is 1.08 bits per heavy atom. The summed E-state index contributed by atoms with van der Waals surface area (Å²) in [5.41, 5.74) is 3.11. The number of benzene rings is 2. The fourth-order valence-corrected chi connectivity index (χ4v) is 5.67. The summed E-state index contributed by atoms with van der Waals surface area (Å²) in [5, 5.41) is 14.0. The second-order valence-corrected chi connectivity index (χ2v) is 10.4. The fourth-order valence-electron chi connectivity index (χ4n) is 5.67. The summed E-state index contributed by atoms with van der Waals surface area (Å²) in [6.07, 6.45) is 7.07. The van der Waals surface area contributed by atoms with Crippen LogP contribution < -0.4 is 5.56 Å². The van der Waals surface area contributed by atoms with E-state index >= 15 is 0 Å². The van der Waals surface area contributed by atoms with Gasteiger partial charge in [0.15, 0.2) is 5.82 Å². The fraction of sp³-hybridized carbons (Fsp3) is 0.333. The summed E-state index contributed by atoms with van der Waals surface area (Å²) in [6, 6.07) is 17.7. The van der Waals surface area contributed by atoms with Crippen molar-refractivity contribution in [1.82, 2.24) is 30.1 Å². The average molecular weight is 527 g/mol. The number of furan rings is 1. The quantitative estimate of drug-likeness (QED) is 0.273. The van der Waals surface area contributed by atoms with Crippen molar-refractivity contribution >= 4 is 10.9 Å². The van der Waals surface area contributed by atoms with Crippen LogP contribution in [0.3, 0.4) is 0 Å². The molecular formula is C30H31FN6O2. The van der Waals surface area contributed by atoms with Crippen LogP contribution in [0.15, 0.2) is 76.1 Å². The molecule has 9 heteroatoms. The number of halogens is 1. The van der Waals surface area contributed by atoms with Crippen molar-refractivity contribution in [3.05, 3.63) is 111 Å². The van der Waals surface area contributed by atoms with Gasteiger partial charge in [-0.2, -0.15) is 0 Å². The van der Waals surface area contributed by atoms with Gasteiger partial charge in [-0.1, -0.05) is 43.5 Å². The van der Waals surface area contributed by atoms with E-state index in [1.165, 1.54) is 18.6 Å². The van der Waals surface area contributed by atoms with E-state index in [0.717, 1.165) is 53.5 Å². The maximum absolute atomic E-state index is 13.8. The Kier molecular flexibility index (Phi) is 7.06. The van der Waals surface area contributed by atoms with Gasteiger partial charge in [0.05, 0.1) is 18.8 Å². The maximum atomic E-state index is 13.8. The highest BCUT2D eigenvalue weighted by atomic mass is 19.1. The number of H-pyrrole nitrogens is 1. The van der Waals surface area contributed by atoms with Crippen molar-refractivity contribution in [3.8, 4) is 0 Å². The van der Waals surface area contributed by atoms with Crippen LogP contribution in [0.1, 0.15) is 72.5 Å². The average Bonchev–Trinajstić information content (AvgIpc) is 3.64. The Morgan fingerprint density at radius 3 is 2.67 bits per heavy atom. The molecular weight excluding hydrogens is 495 g/mol. The first-order chi connectivity index (χ1) is 19.0. The third kappa shape index (κ3) is 5.40. The summed E-state index contributed by atoms with van der Waals surface area (Å²) in [7, 11) is 0. The van der Waals surface area contributed by atoms with Crippen molar-refractivity contribution in [2.24, 2.45) is 0 Å². The Labute approximate surface area is 225 Å². The summed E-state index contributed by atoms with van der Waals surface area (Å²) in [5.74, 6) is 1.06. The molecule has 8 nitrogen and oxygen atoms in total. The number of nitrogens with zero attached hydrogens (tertiary/aromatic N) is 5. The number of aromatic nitrogens is 5. The maximum Gasteiger partial charge on any atom is 0.253 e. The number of rotatable bonds is 8. The van der Waals surface area contributed by atoms with Crippen LogP contribution in [0.2, 0.25) is 0 Å². The van der Waals surface area contributed by atoms with Gasteiger partial charge in [0, 0.05) is 17.6 Å². The Morgan fingerprint density at radius 2 is 1.90 bits per heavy atom. The van der Waals surface area contributed by atoms with E-state index in [1.807, 2.05) is 48.0 Å². The topological polar surface area (TPSA) is 92.8 Å². The molecule has 1 aliphatic carbocycles. The van der Waals surface area contributed by atoms with Crippen LogP contribution in [0.25, 0.3) is 10.9 Å². The molecule has 1 atom stereocenters. The molecule has 0 amide bonds. The molecule has 0 bridgehead atoms. The Balaban J connectivity index is 1.52.